The zero-order valence-electron chi connectivity index (χ0n) is 10.4. The largest absolute Gasteiger partial charge is 0.392 e. The maximum Gasteiger partial charge on any atom is 0.233 e. The first-order valence-electron chi connectivity index (χ1n) is 5.69. The minimum atomic E-state index is -0.133. The molecular formula is C13H19NO2S. The molecule has 0 spiro atoms. The van der Waals surface area contributed by atoms with Crippen LogP contribution in [-0.2, 0) is 11.4 Å². The lowest BCUT2D eigenvalue weighted by Crippen LogP contribution is -2.35. The van der Waals surface area contributed by atoms with Gasteiger partial charge in [-0.2, -0.15) is 0 Å². The Morgan fingerprint density at radius 3 is 2.71 bits per heavy atom. The van der Waals surface area contributed by atoms with Crippen LogP contribution >= 0.6 is 11.8 Å². The molecular weight excluding hydrogens is 234 g/mol. The van der Waals surface area contributed by atoms with Gasteiger partial charge in [0.1, 0.15) is 0 Å². The fourth-order valence-electron chi connectivity index (χ4n) is 1.38. The maximum absolute atomic E-state index is 11.7. The fourth-order valence-corrected chi connectivity index (χ4v) is 2.34. The van der Waals surface area contributed by atoms with Gasteiger partial charge in [-0.1, -0.05) is 12.1 Å². The summed E-state index contributed by atoms with van der Waals surface area (Å²) in [5, 5.41) is 11.8. The van der Waals surface area contributed by atoms with E-state index in [2.05, 4.69) is 5.32 Å². The van der Waals surface area contributed by atoms with E-state index in [1.165, 1.54) is 11.8 Å². The van der Waals surface area contributed by atoms with Gasteiger partial charge in [-0.25, -0.2) is 0 Å². The highest BCUT2D eigenvalue weighted by molar-refractivity contribution is 8.00. The molecule has 0 fully saturated rings. The van der Waals surface area contributed by atoms with E-state index in [1.807, 2.05) is 45.0 Å². The van der Waals surface area contributed by atoms with Crippen molar-refractivity contribution in [3.63, 3.8) is 0 Å². The predicted molar refractivity (Wildman–Crippen MR) is 71.0 cm³/mol. The van der Waals surface area contributed by atoms with Crippen molar-refractivity contribution in [1.82, 2.24) is 5.32 Å². The van der Waals surface area contributed by atoms with Gasteiger partial charge in [-0.15, -0.1) is 11.8 Å². The number of hydrogen-bond donors (Lipinski definition) is 2. The third-order valence-corrected chi connectivity index (χ3v) is 3.29. The van der Waals surface area contributed by atoms with E-state index in [0.29, 0.717) is 0 Å². The number of thioether (sulfide) groups is 1. The second-order valence-electron chi connectivity index (χ2n) is 4.23. The van der Waals surface area contributed by atoms with Gasteiger partial charge in [-0.05, 0) is 38.5 Å². The molecule has 0 radical (unpaired) electrons. The Hall–Kier alpha value is -1.00. The second kappa shape index (κ2) is 6.67. The standard InChI is InChI=1S/C13H19NO2S/c1-9(2)14-13(16)10(3)17-12-6-4-5-11(7-12)8-15/h4-7,9-10,15H,8H2,1-3H3,(H,14,16). The van der Waals surface area contributed by atoms with Crippen LogP contribution in [0, 0.1) is 0 Å². The van der Waals surface area contributed by atoms with E-state index in [9.17, 15) is 4.79 Å². The van der Waals surface area contributed by atoms with Gasteiger partial charge in [0.15, 0.2) is 0 Å². The molecule has 0 aliphatic rings. The molecule has 94 valence electrons. The molecule has 1 amide bonds. The van der Waals surface area contributed by atoms with Crippen molar-refractivity contribution in [3.05, 3.63) is 29.8 Å². The molecule has 1 aromatic carbocycles. The van der Waals surface area contributed by atoms with E-state index in [1.54, 1.807) is 0 Å². The van der Waals surface area contributed by atoms with Crippen LogP contribution in [0.25, 0.3) is 0 Å². The average Bonchev–Trinajstić information content (AvgIpc) is 2.28. The number of hydrogen-bond acceptors (Lipinski definition) is 3. The summed E-state index contributed by atoms with van der Waals surface area (Å²) < 4.78 is 0. The number of carbonyl (C=O) groups excluding carboxylic acids is 1. The molecule has 1 atom stereocenters. The lowest BCUT2D eigenvalue weighted by molar-refractivity contribution is -0.120. The molecule has 0 aliphatic heterocycles. The number of amides is 1. The smallest absolute Gasteiger partial charge is 0.233 e. The Morgan fingerprint density at radius 2 is 2.12 bits per heavy atom. The summed E-state index contributed by atoms with van der Waals surface area (Å²) in [5.74, 6) is 0.0411. The maximum atomic E-state index is 11.7. The Kier molecular flexibility index (Phi) is 5.51. The van der Waals surface area contributed by atoms with E-state index in [-0.39, 0.29) is 23.8 Å². The topological polar surface area (TPSA) is 49.3 Å². The normalized spacial score (nSPS) is 12.5. The molecule has 1 unspecified atom stereocenters. The van der Waals surface area contributed by atoms with E-state index < -0.39 is 0 Å². The highest BCUT2D eigenvalue weighted by Gasteiger charge is 2.14. The minimum absolute atomic E-state index is 0.0287. The summed E-state index contributed by atoms with van der Waals surface area (Å²) in [7, 11) is 0. The third-order valence-electron chi connectivity index (χ3n) is 2.19. The van der Waals surface area contributed by atoms with Gasteiger partial charge in [0.2, 0.25) is 5.91 Å². The number of rotatable bonds is 5. The molecule has 4 heteroatoms. The van der Waals surface area contributed by atoms with E-state index >= 15 is 0 Å². The minimum Gasteiger partial charge on any atom is -0.392 e. The molecule has 0 aliphatic carbocycles. The van der Waals surface area contributed by atoms with Crippen LogP contribution in [0.4, 0.5) is 0 Å². The number of aliphatic hydroxyl groups excluding tert-OH is 1. The molecule has 17 heavy (non-hydrogen) atoms. The van der Waals surface area contributed by atoms with Gasteiger partial charge in [-0.3, -0.25) is 4.79 Å². The van der Waals surface area contributed by atoms with Crippen LogP contribution in [0.3, 0.4) is 0 Å². The molecule has 3 nitrogen and oxygen atoms in total. The van der Waals surface area contributed by atoms with Crippen LogP contribution in [0.1, 0.15) is 26.3 Å². The zero-order chi connectivity index (χ0) is 12.8. The van der Waals surface area contributed by atoms with E-state index in [0.717, 1.165) is 10.5 Å². The van der Waals surface area contributed by atoms with Gasteiger partial charge < -0.3 is 10.4 Å². The zero-order valence-corrected chi connectivity index (χ0v) is 11.3. The van der Waals surface area contributed by atoms with Gasteiger partial charge in [0.25, 0.3) is 0 Å². The highest BCUT2D eigenvalue weighted by atomic mass is 32.2. The van der Waals surface area contributed by atoms with Crippen LogP contribution in [0.15, 0.2) is 29.2 Å². The number of carbonyl (C=O) groups is 1. The Morgan fingerprint density at radius 1 is 1.41 bits per heavy atom. The first-order valence-corrected chi connectivity index (χ1v) is 6.57. The summed E-state index contributed by atoms with van der Waals surface area (Å²) in [6.45, 7) is 5.80. The summed E-state index contributed by atoms with van der Waals surface area (Å²) in [4.78, 5) is 12.7. The Balaban J connectivity index is 2.60. The Bertz CT molecular complexity index is 379. The van der Waals surface area contributed by atoms with Crippen molar-refractivity contribution in [2.24, 2.45) is 0 Å². The predicted octanol–water partition coefficient (Wildman–Crippen LogP) is 2.18. The molecule has 0 heterocycles. The summed E-state index contributed by atoms with van der Waals surface area (Å²) in [5.41, 5.74) is 0.867. The summed E-state index contributed by atoms with van der Waals surface area (Å²) in [6, 6.07) is 7.77. The van der Waals surface area contributed by atoms with Crippen LogP contribution < -0.4 is 5.32 Å². The summed E-state index contributed by atoms with van der Waals surface area (Å²) >= 11 is 1.50. The van der Waals surface area contributed by atoms with Gasteiger partial charge >= 0.3 is 0 Å². The summed E-state index contributed by atoms with van der Waals surface area (Å²) in [6.07, 6.45) is 0. The van der Waals surface area contributed by atoms with Crippen molar-refractivity contribution in [3.8, 4) is 0 Å². The SMILES string of the molecule is CC(C)NC(=O)C(C)Sc1cccc(CO)c1. The number of nitrogens with one attached hydrogen (secondary N) is 1. The Labute approximate surface area is 107 Å². The van der Waals surface area contributed by atoms with Crippen molar-refractivity contribution in [1.29, 1.82) is 0 Å². The van der Waals surface area contributed by atoms with Crippen molar-refractivity contribution >= 4 is 17.7 Å². The molecule has 1 rings (SSSR count). The van der Waals surface area contributed by atoms with Gasteiger partial charge in [0.05, 0.1) is 11.9 Å². The molecule has 0 saturated carbocycles. The van der Waals surface area contributed by atoms with Crippen molar-refractivity contribution in [2.45, 2.75) is 43.6 Å². The first kappa shape index (κ1) is 14.1. The highest BCUT2D eigenvalue weighted by Crippen LogP contribution is 2.24. The fraction of sp³-hybridized carbons (Fsp3) is 0.462. The van der Waals surface area contributed by atoms with Crippen molar-refractivity contribution < 1.29 is 9.90 Å². The van der Waals surface area contributed by atoms with Crippen LogP contribution in [0.2, 0.25) is 0 Å². The molecule has 0 aromatic heterocycles. The van der Waals surface area contributed by atoms with Gasteiger partial charge in [0, 0.05) is 10.9 Å². The lowest BCUT2D eigenvalue weighted by atomic mass is 10.2. The van der Waals surface area contributed by atoms with Crippen LogP contribution in [0.5, 0.6) is 0 Å². The number of benzene rings is 1. The second-order valence-corrected chi connectivity index (χ2v) is 5.64. The van der Waals surface area contributed by atoms with E-state index in [4.69, 9.17) is 5.11 Å². The van der Waals surface area contributed by atoms with Crippen LogP contribution in [-0.4, -0.2) is 22.3 Å². The average molecular weight is 253 g/mol. The molecule has 1 aromatic rings. The molecule has 2 N–H and O–H groups in total. The molecule has 0 bridgehead atoms. The number of aliphatic hydroxyl groups is 1. The molecule has 0 saturated heterocycles. The first-order chi connectivity index (χ1) is 8.02. The lowest BCUT2D eigenvalue weighted by Gasteiger charge is -2.14. The van der Waals surface area contributed by atoms with Crippen molar-refractivity contribution in [2.75, 3.05) is 0 Å². The monoisotopic (exact) mass is 253 g/mol. The third kappa shape index (κ3) is 4.79. The quantitative estimate of drug-likeness (QED) is 0.791.